The summed E-state index contributed by atoms with van der Waals surface area (Å²) in [4.78, 5) is 26.5. The van der Waals surface area contributed by atoms with Gasteiger partial charge < -0.3 is 0 Å². The lowest BCUT2D eigenvalue weighted by Gasteiger charge is -2.08. The Balaban J connectivity index is 1.81. The third-order valence-electron chi connectivity index (χ3n) is 3.39. The highest BCUT2D eigenvalue weighted by Crippen LogP contribution is 2.17. The number of nitrogens with zero attached hydrogens (tertiary/aromatic N) is 5. The summed E-state index contributed by atoms with van der Waals surface area (Å²) in [6, 6.07) is 10.5. The van der Waals surface area contributed by atoms with E-state index < -0.39 is 14.9 Å². The Morgan fingerprint density at radius 1 is 1.07 bits per heavy atom. The van der Waals surface area contributed by atoms with Gasteiger partial charge in [0.15, 0.2) is 5.82 Å². The molecule has 11 heteroatoms. The molecule has 2 heterocycles. The molecule has 2 aromatic heterocycles. The Kier molecular flexibility index (Phi) is 5.03. The van der Waals surface area contributed by atoms with Crippen molar-refractivity contribution in [2.75, 3.05) is 4.72 Å². The molecule has 3 rings (SSSR count). The number of anilines is 1. The van der Waals surface area contributed by atoms with Crippen molar-refractivity contribution < 1.29 is 13.3 Å². The number of nitro groups is 1. The fourth-order valence-corrected chi connectivity index (χ4v) is 3.32. The molecule has 0 fully saturated rings. The number of nitro benzene ring substituents is 1. The quantitative estimate of drug-likeness (QED) is 0.501. The lowest BCUT2D eigenvalue weighted by atomic mass is 10.2. The van der Waals surface area contributed by atoms with E-state index in [-0.39, 0.29) is 23.2 Å². The number of aryl methyl sites for hydroxylation is 1. The van der Waals surface area contributed by atoms with Gasteiger partial charge >= 0.3 is 0 Å². The van der Waals surface area contributed by atoms with Crippen LogP contribution in [-0.2, 0) is 15.8 Å². The monoisotopic (exact) mass is 386 g/mol. The summed E-state index contributed by atoms with van der Waals surface area (Å²) in [5.41, 5.74) is 0.764. The summed E-state index contributed by atoms with van der Waals surface area (Å²) in [5, 5.41) is 10.7. The molecule has 3 aromatic rings. The molecule has 0 amide bonds. The maximum Gasteiger partial charge on any atom is 0.269 e. The number of hydrogen-bond acceptors (Lipinski definition) is 8. The van der Waals surface area contributed by atoms with Crippen molar-refractivity contribution in [3.63, 3.8) is 0 Å². The van der Waals surface area contributed by atoms with E-state index in [0.29, 0.717) is 17.1 Å². The first-order valence-corrected chi connectivity index (χ1v) is 9.35. The van der Waals surface area contributed by atoms with Crippen LogP contribution in [0.3, 0.4) is 0 Å². The predicted octanol–water partition coefficient (Wildman–Crippen LogP) is 2.09. The van der Waals surface area contributed by atoms with Crippen LogP contribution in [0.2, 0.25) is 0 Å². The largest absolute Gasteiger partial charge is 0.269 e. The van der Waals surface area contributed by atoms with Gasteiger partial charge in [-0.2, -0.15) is 9.97 Å². The summed E-state index contributed by atoms with van der Waals surface area (Å²) in [6.07, 6.45) is 1.58. The Bertz CT molecular complexity index is 1070. The van der Waals surface area contributed by atoms with Gasteiger partial charge in [0.25, 0.3) is 5.69 Å². The van der Waals surface area contributed by atoms with Gasteiger partial charge in [0.05, 0.1) is 10.7 Å². The molecule has 0 saturated heterocycles. The zero-order chi connectivity index (χ0) is 19.4. The second-order valence-electron chi connectivity index (χ2n) is 5.53. The number of pyridine rings is 1. The van der Waals surface area contributed by atoms with Gasteiger partial charge in [-0.15, -0.1) is 0 Å². The average Bonchev–Trinajstić information content (AvgIpc) is 2.61. The van der Waals surface area contributed by atoms with E-state index in [1.54, 1.807) is 31.3 Å². The predicted molar refractivity (Wildman–Crippen MR) is 97.1 cm³/mol. The van der Waals surface area contributed by atoms with Crippen LogP contribution in [0.5, 0.6) is 0 Å². The molecule has 0 spiro atoms. The van der Waals surface area contributed by atoms with Gasteiger partial charge in [-0.05, 0) is 24.6 Å². The van der Waals surface area contributed by atoms with E-state index in [2.05, 4.69) is 24.7 Å². The van der Waals surface area contributed by atoms with Crippen molar-refractivity contribution >= 4 is 21.7 Å². The first kappa shape index (κ1) is 18.3. The molecule has 0 aliphatic rings. The minimum Gasteiger partial charge on any atom is -0.258 e. The molecule has 0 aliphatic heterocycles. The Morgan fingerprint density at radius 2 is 1.81 bits per heavy atom. The van der Waals surface area contributed by atoms with Crippen LogP contribution in [0.4, 0.5) is 11.6 Å². The van der Waals surface area contributed by atoms with Crippen LogP contribution in [0.15, 0.2) is 48.7 Å². The van der Waals surface area contributed by atoms with Crippen molar-refractivity contribution in [1.29, 1.82) is 0 Å². The molecule has 0 unspecified atom stereocenters. The van der Waals surface area contributed by atoms with Gasteiger partial charge in [-0.25, -0.2) is 13.4 Å². The molecule has 0 saturated carbocycles. The number of hydrogen-bond donors (Lipinski definition) is 1. The highest BCUT2D eigenvalue weighted by molar-refractivity contribution is 7.91. The smallest absolute Gasteiger partial charge is 0.258 e. The number of aromatic nitrogens is 4. The van der Waals surface area contributed by atoms with Gasteiger partial charge in [-0.3, -0.25) is 19.8 Å². The van der Waals surface area contributed by atoms with Crippen LogP contribution in [-0.4, -0.2) is 33.3 Å². The minimum atomic E-state index is -3.83. The third kappa shape index (κ3) is 4.79. The lowest BCUT2D eigenvalue weighted by molar-refractivity contribution is -0.384. The number of benzene rings is 1. The van der Waals surface area contributed by atoms with Crippen molar-refractivity contribution in [3.05, 3.63) is 70.2 Å². The normalized spacial score (nSPS) is 11.1. The number of sulfonamides is 1. The molecule has 27 heavy (non-hydrogen) atoms. The zero-order valence-corrected chi connectivity index (χ0v) is 14.9. The number of nitrogens with one attached hydrogen (secondary N) is 1. The fraction of sp³-hybridized carbons (Fsp3) is 0.125. The molecular formula is C16H14N6O4S. The van der Waals surface area contributed by atoms with Crippen LogP contribution < -0.4 is 4.72 Å². The topological polar surface area (TPSA) is 141 Å². The second-order valence-corrected chi connectivity index (χ2v) is 7.25. The number of non-ortho nitro benzene ring substituents is 1. The van der Waals surface area contributed by atoms with Gasteiger partial charge in [0, 0.05) is 18.3 Å². The summed E-state index contributed by atoms with van der Waals surface area (Å²) in [7, 11) is -3.83. The van der Waals surface area contributed by atoms with E-state index >= 15 is 0 Å². The SMILES string of the molecule is Cc1nc(NS(=O)(=O)Cc2ccc([N+](=O)[O-])cc2)nc(-c2ccccn2)n1. The van der Waals surface area contributed by atoms with Gasteiger partial charge in [-0.1, -0.05) is 18.2 Å². The Hall–Kier alpha value is -3.47. The highest BCUT2D eigenvalue weighted by atomic mass is 32.2. The average molecular weight is 386 g/mol. The zero-order valence-electron chi connectivity index (χ0n) is 14.1. The minimum absolute atomic E-state index is 0.114. The third-order valence-corrected chi connectivity index (χ3v) is 4.60. The van der Waals surface area contributed by atoms with Crippen molar-refractivity contribution in [3.8, 4) is 11.5 Å². The molecule has 0 radical (unpaired) electrons. The molecule has 0 aliphatic carbocycles. The van der Waals surface area contributed by atoms with Crippen molar-refractivity contribution in [2.24, 2.45) is 0 Å². The molecule has 0 bridgehead atoms. The maximum absolute atomic E-state index is 12.4. The van der Waals surface area contributed by atoms with E-state index in [9.17, 15) is 18.5 Å². The van der Waals surface area contributed by atoms with E-state index in [1.165, 1.54) is 24.3 Å². The molecular weight excluding hydrogens is 372 g/mol. The van der Waals surface area contributed by atoms with Crippen molar-refractivity contribution in [1.82, 2.24) is 19.9 Å². The van der Waals surface area contributed by atoms with Gasteiger partial charge in [0.2, 0.25) is 16.0 Å². The molecule has 1 N–H and O–H groups in total. The van der Waals surface area contributed by atoms with E-state index in [1.807, 2.05) is 0 Å². The first-order valence-electron chi connectivity index (χ1n) is 7.70. The first-order chi connectivity index (χ1) is 12.8. The molecule has 1 aromatic carbocycles. The van der Waals surface area contributed by atoms with Crippen LogP contribution in [0, 0.1) is 17.0 Å². The second kappa shape index (κ2) is 7.41. The summed E-state index contributed by atoms with van der Waals surface area (Å²) in [6.45, 7) is 1.61. The fourth-order valence-electron chi connectivity index (χ4n) is 2.25. The molecule has 0 atom stereocenters. The summed E-state index contributed by atoms with van der Waals surface area (Å²) in [5.74, 6) is 0.0779. The standard InChI is InChI=1S/C16H14N6O4S/c1-11-18-15(14-4-2-3-9-17-14)20-16(19-11)21-27(25,26)10-12-5-7-13(8-6-12)22(23)24/h2-9H,10H2,1H3,(H,18,19,20,21). The summed E-state index contributed by atoms with van der Waals surface area (Å²) < 4.78 is 27.1. The highest BCUT2D eigenvalue weighted by Gasteiger charge is 2.16. The molecule has 10 nitrogen and oxygen atoms in total. The lowest BCUT2D eigenvalue weighted by Crippen LogP contribution is -2.18. The van der Waals surface area contributed by atoms with Gasteiger partial charge in [0.1, 0.15) is 11.5 Å². The summed E-state index contributed by atoms with van der Waals surface area (Å²) >= 11 is 0. The van der Waals surface area contributed by atoms with Crippen molar-refractivity contribution in [2.45, 2.75) is 12.7 Å². The van der Waals surface area contributed by atoms with Crippen LogP contribution in [0.1, 0.15) is 11.4 Å². The van der Waals surface area contributed by atoms with Crippen LogP contribution in [0.25, 0.3) is 11.5 Å². The number of rotatable bonds is 6. The Morgan fingerprint density at radius 3 is 2.44 bits per heavy atom. The Labute approximate surface area is 154 Å². The molecule has 138 valence electrons. The van der Waals surface area contributed by atoms with E-state index in [4.69, 9.17) is 0 Å². The van der Waals surface area contributed by atoms with Crippen LogP contribution >= 0.6 is 0 Å². The maximum atomic E-state index is 12.4. The van der Waals surface area contributed by atoms with E-state index in [0.717, 1.165) is 0 Å².